The van der Waals surface area contributed by atoms with Crippen molar-refractivity contribution in [1.29, 1.82) is 0 Å². The fourth-order valence-corrected chi connectivity index (χ4v) is 1.32. The molecular weight excluding hydrogens is 229 g/mol. The second-order valence-electron chi connectivity index (χ2n) is 2.08. The van der Waals surface area contributed by atoms with E-state index in [0.29, 0.717) is 0 Å². The van der Waals surface area contributed by atoms with Crippen LogP contribution in [0.15, 0.2) is 0 Å². The summed E-state index contributed by atoms with van der Waals surface area (Å²) in [7, 11) is -5.95. The van der Waals surface area contributed by atoms with Crippen molar-refractivity contribution in [3.8, 4) is 0 Å². The topological polar surface area (TPSA) is 35.5 Å². The molecule has 0 N–H and O–H groups in total. The Morgan fingerprint density at radius 2 is 1.69 bits per heavy atom. The van der Waals surface area contributed by atoms with Gasteiger partial charge in [0, 0.05) is 0 Å². The van der Waals surface area contributed by atoms with E-state index in [4.69, 9.17) is 0 Å². The van der Waals surface area contributed by atoms with Crippen molar-refractivity contribution in [2.45, 2.75) is 18.4 Å². The summed E-state index contributed by atoms with van der Waals surface area (Å²) in [4.78, 5) is 0. The molecule has 0 aromatic carbocycles. The molecule has 2 unspecified atom stereocenters. The zero-order valence-corrected chi connectivity index (χ0v) is 6.41. The lowest BCUT2D eigenvalue weighted by Crippen LogP contribution is -2.52. The van der Waals surface area contributed by atoms with E-state index >= 15 is 0 Å². The monoisotopic (exact) mass is 230 g/mol. The molecule has 0 radical (unpaired) electrons. The lowest BCUT2D eigenvalue weighted by Gasteiger charge is -2.33. The van der Waals surface area contributed by atoms with E-state index in [9.17, 15) is 30.7 Å². The van der Waals surface area contributed by atoms with Crippen LogP contribution in [0.5, 0.6) is 0 Å². The van der Waals surface area contributed by atoms with Crippen molar-refractivity contribution < 1.29 is 39.8 Å². The predicted molar refractivity (Wildman–Crippen MR) is 25.7 cm³/mol. The van der Waals surface area contributed by atoms with Crippen molar-refractivity contribution in [3.63, 3.8) is 0 Å². The molecule has 0 bridgehead atoms. The molecule has 1 aliphatic heterocycles. The summed E-state index contributed by atoms with van der Waals surface area (Å²) in [6, 6.07) is 0. The summed E-state index contributed by atoms with van der Waals surface area (Å²) in [5, 5.41) is 0. The zero-order chi connectivity index (χ0) is 10.5. The molecule has 0 aliphatic carbocycles. The van der Waals surface area contributed by atoms with E-state index in [-0.39, 0.29) is 0 Å². The fourth-order valence-electron chi connectivity index (χ4n) is 0.528. The van der Waals surface area contributed by atoms with Crippen LogP contribution in [0, 0.1) is 0 Å². The van der Waals surface area contributed by atoms with Crippen LogP contribution in [0.4, 0.5) is 26.1 Å². The number of rotatable bonds is 0. The maximum absolute atomic E-state index is 12.1. The molecule has 0 spiro atoms. The maximum Gasteiger partial charge on any atom is 0.520 e. The first-order valence-corrected chi connectivity index (χ1v) is 4.10. The van der Waals surface area contributed by atoms with Gasteiger partial charge in [-0.25, -0.2) is 18.0 Å². The molecule has 78 valence electrons. The van der Waals surface area contributed by atoms with E-state index in [1.54, 1.807) is 0 Å². The first-order chi connectivity index (χ1) is 5.58. The van der Waals surface area contributed by atoms with Crippen LogP contribution in [0.3, 0.4) is 0 Å². The third-order valence-corrected chi connectivity index (χ3v) is 2.00. The molecule has 1 saturated heterocycles. The highest BCUT2D eigenvalue weighted by molar-refractivity contribution is 7.48. The molecule has 0 aromatic heterocycles. The SMILES string of the molecule is O=P1(F)OC(F)C(F)(F)C(F)(F)O1. The van der Waals surface area contributed by atoms with Gasteiger partial charge in [0.15, 0.2) is 0 Å². The maximum atomic E-state index is 12.1. The molecule has 0 aromatic rings. The summed E-state index contributed by atoms with van der Waals surface area (Å²) >= 11 is 0. The van der Waals surface area contributed by atoms with E-state index in [1.807, 2.05) is 0 Å². The lowest BCUT2D eigenvalue weighted by atomic mass is 10.3. The molecule has 1 fully saturated rings. The molecule has 3 nitrogen and oxygen atoms in total. The normalized spacial score (nSPS) is 43.1. The molecule has 1 heterocycles. The molecule has 0 amide bonds. The minimum Gasteiger partial charge on any atom is -0.241 e. The van der Waals surface area contributed by atoms with Crippen LogP contribution in [-0.2, 0) is 13.6 Å². The van der Waals surface area contributed by atoms with Crippen molar-refractivity contribution in [2.24, 2.45) is 0 Å². The zero-order valence-electron chi connectivity index (χ0n) is 5.52. The summed E-state index contributed by atoms with van der Waals surface area (Å²) < 4.78 is 87.5. The Bertz CT molecular complexity index is 266. The van der Waals surface area contributed by atoms with Gasteiger partial charge in [-0.15, -0.1) is 4.20 Å². The Hall–Kier alpha value is -0.270. The lowest BCUT2D eigenvalue weighted by molar-refractivity contribution is -0.375. The van der Waals surface area contributed by atoms with Crippen molar-refractivity contribution >= 4 is 7.91 Å². The highest BCUT2D eigenvalue weighted by atomic mass is 31.2. The predicted octanol–water partition coefficient (Wildman–Crippen LogP) is 2.63. The second-order valence-corrected chi connectivity index (χ2v) is 3.34. The average molecular weight is 230 g/mol. The number of hydrogen-bond donors (Lipinski definition) is 0. The Kier molecular flexibility index (Phi) is 2.17. The van der Waals surface area contributed by atoms with Gasteiger partial charge < -0.3 is 0 Å². The van der Waals surface area contributed by atoms with Crippen LogP contribution >= 0.6 is 7.91 Å². The van der Waals surface area contributed by atoms with Gasteiger partial charge in [-0.1, -0.05) is 0 Å². The Labute approximate surface area is 67.3 Å². The molecule has 1 aliphatic rings. The molecular formula is C3HF6O3P. The number of hydrogen-bond acceptors (Lipinski definition) is 3. The summed E-state index contributed by atoms with van der Waals surface area (Å²) in [5.41, 5.74) is 0. The van der Waals surface area contributed by atoms with Crippen LogP contribution in [-0.4, -0.2) is 18.4 Å². The van der Waals surface area contributed by atoms with Gasteiger partial charge in [-0.3, -0.25) is 0 Å². The van der Waals surface area contributed by atoms with Crippen LogP contribution in [0.25, 0.3) is 0 Å². The van der Waals surface area contributed by atoms with Gasteiger partial charge in [-0.05, 0) is 0 Å². The van der Waals surface area contributed by atoms with E-state index < -0.39 is 26.3 Å². The summed E-state index contributed by atoms with van der Waals surface area (Å²) in [6.45, 7) is 0. The quantitative estimate of drug-likeness (QED) is 0.474. The average Bonchev–Trinajstić information content (AvgIpc) is 1.80. The molecule has 2 atom stereocenters. The van der Waals surface area contributed by atoms with Gasteiger partial charge in [0.25, 0.3) is 6.36 Å². The van der Waals surface area contributed by atoms with Crippen molar-refractivity contribution in [1.82, 2.24) is 0 Å². The Balaban J connectivity index is 3.03. The molecule has 1 rings (SSSR count). The standard InChI is InChI=1S/C3HF6O3P/c4-1-2(5,6)3(7,8)12-13(9,10)11-1/h1H. The number of alkyl halides is 5. The van der Waals surface area contributed by atoms with Gasteiger partial charge >= 0.3 is 19.9 Å². The van der Waals surface area contributed by atoms with Gasteiger partial charge in [0.1, 0.15) is 0 Å². The van der Waals surface area contributed by atoms with Gasteiger partial charge in [0.05, 0.1) is 0 Å². The van der Waals surface area contributed by atoms with Crippen LogP contribution in [0.2, 0.25) is 0 Å². The van der Waals surface area contributed by atoms with Crippen molar-refractivity contribution in [3.05, 3.63) is 0 Å². The largest absolute Gasteiger partial charge is 0.520 e. The van der Waals surface area contributed by atoms with Gasteiger partial charge in [-0.2, -0.15) is 17.6 Å². The van der Waals surface area contributed by atoms with E-state index in [2.05, 4.69) is 9.05 Å². The summed E-state index contributed by atoms with van der Waals surface area (Å²) in [5.74, 6) is -5.37. The minimum atomic E-state index is -5.95. The first-order valence-electron chi connectivity index (χ1n) is 2.67. The van der Waals surface area contributed by atoms with E-state index in [0.717, 1.165) is 0 Å². The second kappa shape index (κ2) is 2.61. The van der Waals surface area contributed by atoms with Crippen LogP contribution in [0.1, 0.15) is 0 Å². The Morgan fingerprint density at radius 3 is 2.08 bits per heavy atom. The molecule has 10 heteroatoms. The van der Waals surface area contributed by atoms with Crippen molar-refractivity contribution in [2.75, 3.05) is 0 Å². The Morgan fingerprint density at radius 1 is 1.23 bits per heavy atom. The van der Waals surface area contributed by atoms with Gasteiger partial charge in [0.2, 0.25) is 0 Å². The third kappa shape index (κ3) is 1.68. The molecule has 13 heavy (non-hydrogen) atoms. The summed E-state index contributed by atoms with van der Waals surface area (Å²) in [6.07, 6.45) is -9.50. The third-order valence-electron chi connectivity index (χ3n) is 1.12. The van der Waals surface area contributed by atoms with E-state index in [1.165, 1.54) is 0 Å². The highest BCUT2D eigenvalue weighted by Gasteiger charge is 2.72. The smallest absolute Gasteiger partial charge is 0.241 e. The minimum absolute atomic E-state index is 2.49. The van der Waals surface area contributed by atoms with Crippen LogP contribution < -0.4 is 0 Å². The fraction of sp³-hybridized carbons (Fsp3) is 1.00. The molecule has 0 saturated carbocycles. The first kappa shape index (κ1) is 10.8. The number of halogens is 6. The highest BCUT2D eigenvalue weighted by Crippen LogP contribution is 2.63.